The lowest BCUT2D eigenvalue weighted by molar-refractivity contribution is 0.601. The molecule has 0 bridgehead atoms. The largest absolute Gasteiger partial charge is 0.380 e. The van der Waals surface area contributed by atoms with Gasteiger partial charge < -0.3 is 5.32 Å². The van der Waals surface area contributed by atoms with Crippen molar-refractivity contribution in [2.45, 2.75) is 18.4 Å². The molecule has 0 aliphatic rings. The molecule has 0 saturated heterocycles. The van der Waals surface area contributed by atoms with E-state index in [0.29, 0.717) is 11.6 Å². The summed E-state index contributed by atoms with van der Waals surface area (Å²) in [5.74, 6) is 0.267. The number of benzene rings is 2. The maximum atomic E-state index is 12.4. The highest BCUT2D eigenvalue weighted by atomic mass is 35.5. The van der Waals surface area contributed by atoms with Gasteiger partial charge in [0, 0.05) is 11.6 Å². The molecule has 0 aliphatic heterocycles. The number of pyridine rings is 1. The molecule has 2 aromatic carbocycles. The standard InChI is InChI=1S/C19H18ClN3O2S/c1-14-3-2-4-18(11-14)26(24,25)23-19-10-9-17(13-22-19)21-12-15-5-7-16(20)8-6-15/h2-11,13,21H,12H2,1H3,(H,22,23). The minimum Gasteiger partial charge on any atom is -0.380 e. The second-order valence-electron chi connectivity index (χ2n) is 5.83. The zero-order chi connectivity index (χ0) is 18.6. The maximum Gasteiger partial charge on any atom is 0.263 e. The Labute approximate surface area is 158 Å². The molecule has 0 unspecified atom stereocenters. The highest BCUT2D eigenvalue weighted by Gasteiger charge is 2.14. The van der Waals surface area contributed by atoms with Gasteiger partial charge in [-0.25, -0.2) is 13.4 Å². The molecule has 0 atom stereocenters. The zero-order valence-electron chi connectivity index (χ0n) is 14.1. The van der Waals surface area contributed by atoms with Crippen molar-refractivity contribution >= 4 is 33.1 Å². The van der Waals surface area contributed by atoms with Gasteiger partial charge in [-0.1, -0.05) is 35.9 Å². The first kappa shape index (κ1) is 18.2. The predicted molar refractivity (Wildman–Crippen MR) is 105 cm³/mol. The van der Waals surface area contributed by atoms with Gasteiger partial charge in [-0.2, -0.15) is 0 Å². The van der Waals surface area contributed by atoms with Crippen molar-refractivity contribution in [1.29, 1.82) is 0 Å². The molecule has 1 heterocycles. The second-order valence-corrected chi connectivity index (χ2v) is 7.95. The van der Waals surface area contributed by atoms with Gasteiger partial charge >= 0.3 is 0 Å². The summed E-state index contributed by atoms with van der Waals surface area (Å²) < 4.78 is 27.3. The fraction of sp³-hybridized carbons (Fsp3) is 0.105. The molecule has 0 fully saturated rings. The molecule has 26 heavy (non-hydrogen) atoms. The van der Waals surface area contributed by atoms with Gasteiger partial charge in [0.2, 0.25) is 0 Å². The SMILES string of the molecule is Cc1cccc(S(=O)(=O)Nc2ccc(NCc3ccc(Cl)cc3)cn2)c1. The van der Waals surface area contributed by atoms with Crippen molar-refractivity contribution in [3.05, 3.63) is 83.0 Å². The van der Waals surface area contributed by atoms with E-state index in [2.05, 4.69) is 15.0 Å². The molecule has 7 heteroatoms. The van der Waals surface area contributed by atoms with Crippen LogP contribution < -0.4 is 10.0 Å². The third-order valence-electron chi connectivity index (χ3n) is 3.71. The lowest BCUT2D eigenvalue weighted by Crippen LogP contribution is -2.14. The Bertz CT molecular complexity index is 988. The van der Waals surface area contributed by atoms with E-state index in [1.165, 1.54) is 0 Å². The summed E-state index contributed by atoms with van der Waals surface area (Å²) in [5, 5.41) is 3.92. The monoisotopic (exact) mass is 387 g/mol. The van der Waals surface area contributed by atoms with Crippen LogP contribution in [0.5, 0.6) is 0 Å². The molecule has 2 N–H and O–H groups in total. The van der Waals surface area contributed by atoms with Crippen LogP contribution >= 0.6 is 11.6 Å². The molecule has 134 valence electrons. The summed E-state index contributed by atoms with van der Waals surface area (Å²) in [6.45, 7) is 2.46. The molecule has 0 radical (unpaired) electrons. The van der Waals surface area contributed by atoms with Crippen molar-refractivity contribution in [2.24, 2.45) is 0 Å². The molecule has 3 rings (SSSR count). The van der Waals surface area contributed by atoms with Crippen LogP contribution in [0.4, 0.5) is 11.5 Å². The number of anilines is 2. The van der Waals surface area contributed by atoms with Crippen molar-refractivity contribution in [2.75, 3.05) is 10.0 Å². The minimum absolute atomic E-state index is 0.212. The Morgan fingerprint density at radius 1 is 1.04 bits per heavy atom. The van der Waals surface area contributed by atoms with Crippen molar-refractivity contribution in [1.82, 2.24) is 4.98 Å². The minimum atomic E-state index is -3.65. The smallest absolute Gasteiger partial charge is 0.263 e. The van der Waals surface area contributed by atoms with Crippen LogP contribution in [-0.4, -0.2) is 13.4 Å². The molecule has 0 spiro atoms. The second kappa shape index (κ2) is 7.76. The highest BCUT2D eigenvalue weighted by molar-refractivity contribution is 7.92. The quantitative estimate of drug-likeness (QED) is 0.655. The van der Waals surface area contributed by atoms with Crippen LogP contribution in [0.15, 0.2) is 71.8 Å². The Hall–Kier alpha value is -2.57. The normalized spacial score (nSPS) is 11.2. The zero-order valence-corrected chi connectivity index (χ0v) is 15.7. The third kappa shape index (κ3) is 4.74. The van der Waals surface area contributed by atoms with E-state index < -0.39 is 10.0 Å². The van der Waals surface area contributed by atoms with Gasteiger partial charge in [0.25, 0.3) is 10.0 Å². The Morgan fingerprint density at radius 2 is 1.81 bits per heavy atom. The summed E-state index contributed by atoms with van der Waals surface area (Å²) in [6.07, 6.45) is 1.59. The van der Waals surface area contributed by atoms with Crippen LogP contribution in [0, 0.1) is 6.92 Å². The number of nitrogens with one attached hydrogen (secondary N) is 2. The van der Waals surface area contributed by atoms with Crippen molar-refractivity contribution < 1.29 is 8.42 Å². The van der Waals surface area contributed by atoms with Crippen LogP contribution in [0.1, 0.15) is 11.1 Å². The summed E-state index contributed by atoms with van der Waals surface area (Å²) in [4.78, 5) is 4.38. The van der Waals surface area contributed by atoms with Crippen molar-refractivity contribution in [3.8, 4) is 0 Å². The molecule has 5 nitrogen and oxygen atoms in total. The first-order valence-electron chi connectivity index (χ1n) is 7.96. The lowest BCUT2D eigenvalue weighted by atomic mass is 10.2. The number of aromatic nitrogens is 1. The summed E-state index contributed by atoms with van der Waals surface area (Å²) in [5.41, 5.74) is 2.75. The van der Waals surface area contributed by atoms with E-state index in [1.54, 1.807) is 36.5 Å². The number of hydrogen-bond donors (Lipinski definition) is 2. The van der Waals surface area contributed by atoms with Gasteiger partial charge in [-0.05, 0) is 54.4 Å². The average Bonchev–Trinajstić information content (AvgIpc) is 2.62. The van der Waals surface area contributed by atoms with E-state index >= 15 is 0 Å². The number of hydrogen-bond acceptors (Lipinski definition) is 4. The van der Waals surface area contributed by atoms with E-state index in [4.69, 9.17) is 11.6 Å². The summed E-state index contributed by atoms with van der Waals surface area (Å²) in [6, 6.07) is 17.7. The topological polar surface area (TPSA) is 71.1 Å². The highest BCUT2D eigenvalue weighted by Crippen LogP contribution is 2.17. The molecular formula is C19H18ClN3O2S. The van der Waals surface area contributed by atoms with Crippen LogP contribution in [0.25, 0.3) is 0 Å². The molecule has 1 aromatic heterocycles. The Morgan fingerprint density at radius 3 is 2.46 bits per heavy atom. The van der Waals surface area contributed by atoms with Crippen LogP contribution in [0.2, 0.25) is 5.02 Å². The number of halogens is 1. The first-order valence-corrected chi connectivity index (χ1v) is 9.82. The third-order valence-corrected chi connectivity index (χ3v) is 5.32. The summed E-state index contributed by atoms with van der Waals surface area (Å²) >= 11 is 5.87. The predicted octanol–water partition coefficient (Wildman–Crippen LogP) is 4.46. The van der Waals surface area contributed by atoms with Gasteiger partial charge in [0.15, 0.2) is 0 Å². The van der Waals surface area contributed by atoms with E-state index in [0.717, 1.165) is 16.8 Å². The van der Waals surface area contributed by atoms with E-state index in [-0.39, 0.29) is 10.7 Å². The number of sulfonamides is 1. The molecular weight excluding hydrogens is 370 g/mol. The number of nitrogens with zero attached hydrogens (tertiary/aromatic N) is 1. The fourth-order valence-corrected chi connectivity index (χ4v) is 3.58. The number of rotatable bonds is 6. The van der Waals surface area contributed by atoms with Crippen molar-refractivity contribution in [3.63, 3.8) is 0 Å². The van der Waals surface area contributed by atoms with E-state index in [9.17, 15) is 8.42 Å². The molecule has 0 saturated carbocycles. The Kier molecular flexibility index (Phi) is 5.44. The average molecular weight is 388 g/mol. The first-order chi connectivity index (χ1) is 12.4. The van der Waals surface area contributed by atoms with E-state index in [1.807, 2.05) is 37.3 Å². The van der Waals surface area contributed by atoms with Gasteiger partial charge in [0.05, 0.1) is 16.8 Å². The summed E-state index contributed by atoms with van der Waals surface area (Å²) in [7, 11) is -3.65. The molecule has 3 aromatic rings. The maximum absolute atomic E-state index is 12.4. The van der Waals surface area contributed by atoms with Gasteiger partial charge in [-0.3, -0.25) is 4.72 Å². The van der Waals surface area contributed by atoms with Gasteiger partial charge in [-0.15, -0.1) is 0 Å². The fourth-order valence-electron chi connectivity index (χ4n) is 2.34. The molecule has 0 aliphatic carbocycles. The Balaban J connectivity index is 1.64. The van der Waals surface area contributed by atoms with Crippen LogP contribution in [0.3, 0.4) is 0 Å². The number of aryl methyl sites for hydroxylation is 1. The lowest BCUT2D eigenvalue weighted by Gasteiger charge is -2.10. The molecule has 0 amide bonds. The van der Waals surface area contributed by atoms with Crippen LogP contribution in [-0.2, 0) is 16.6 Å². The van der Waals surface area contributed by atoms with Gasteiger partial charge in [0.1, 0.15) is 5.82 Å².